The molecule has 0 amide bonds. The Hall–Kier alpha value is -0.350. The molecule has 2 N–H and O–H groups in total. The van der Waals surface area contributed by atoms with Gasteiger partial charge in [0.15, 0.2) is 0 Å². The van der Waals surface area contributed by atoms with Crippen molar-refractivity contribution in [1.29, 1.82) is 0 Å². The minimum Gasteiger partial charge on any atom is -0.399 e. The summed E-state index contributed by atoms with van der Waals surface area (Å²) in [5, 5.41) is 0. The Bertz CT molecular complexity index is 376. The maximum atomic E-state index is 11.9. The zero-order valence-electron chi connectivity index (χ0n) is 7.70. The van der Waals surface area contributed by atoms with Gasteiger partial charge < -0.3 is 5.73 Å². The molecule has 0 aliphatic heterocycles. The lowest BCUT2D eigenvalue weighted by Gasteiger charge is -2.04. The third kappa shape index (κ3) is 2.36. The van der Waals surface area contributed by atoms with Crippen LogP contribution in [0.15, 0.2) is 27.6 Å². The minimum atomic E-state index is -0.873. The van der Waals surface area contributed by atoms with Crippen molar-refractivity contribution in [2.75, 3.05) is 11.5 Å². The van der Waals surface area contributed by atoms with E-state index in [0.29, 0.717) is 11.6 Å². The summed E-state index contributed by atoms with van der Waals surface area (Å²) in [7, 11) is -0.873. The van der Waals surface area contributed by atoms with Crippen LogP contribution in [0.2, 0.25) is 0 Å². The van der Waals surface area contributed by atoms with Gasteiger partial charge in [0.1, 0.15) is 0 Å². The second-order valence-corrected chi connectivity index (χ2v) is 5.96. The van der Waals surface area contributed by atoms with E-state index in [1.165, 1.54) is 12.8 Å². The Kier molecular flexibility index (Phi) is 2.93. The molecule has 0 heterocycles. The summed E-state index contributed by atoms with van der Waals surface area (Å²) in [5.41, 5.74) is 6.31. The number of hydrogen-bond donors (Lipinski definition) is 1. The number of hydrogen-bond acceptors (Lipinski definition) is 2. The van der Waals surface area contributed by atoms with Crippen molar-refractivity contribution in [3.05, 3.63) is 22.7 Å². The maximum absolute atomic E-state index is 11.9. The molecule has 2 nitrogen and oxygen atoms in total. The molecule has 1 saturated carbocycles. The first-order valence-corrected chi connectivity index (χ1v) is 6.71. The minimum absolute atomic E-state index is 0.681. The van der Waals surface area contributed by atoms with Crippen LogP contribution in [-0.4, -0.2) is 9.96 Å². The zero-order chi connectivity index (χ0) is 10.1. The quantitative estimate of drug-likeness (QED) is 0.861. The number of nitrogen functional groups attached to an aromatic ring is 1. The Morgan fingerprint density at radius 3 is 2.79 bits per heavy atom. The molecule has 1 aromatic rings. The van der Waals surface area contributed by atoms with Crippen molar-refractivity contribution in [3.8, 4) is 0 Å². The van der Waals surface area contributed by atoms with Crippen LogP contribution < -0.4 is 5.73 Å². The van der Waals surface area contributed by atoms with Gasteiger partial charge in [-0.2, -0.15) is 0 Å². The van der Waals surface area contributed by atoms with Crippen molar-refractivity contribution in [3.63, 3.8) is 0 Å². The van der Waals surface area contributed by atoms with Gasteiger partial charge in [0.05, 0.1) is 15.7 Å². The van der Waals surface area contributed by atoms with Gasteiger partial charge >= 0.3 is 0 Å². The normalized spacial score (nSPS) is 18.1. The van der Waals surface area contributed by atoms with E-state index in [9.17, 15) is 4.21 Å². The van der Waals surface area contributed by atoms with Gasteiger partial charge in [-0.05, 0) is 52.9 Å². The molecule has 0 aromatic heterocycles. The fourth-order valence-corrected chi connectivity index (χ4v) is 3.67. The molecule has 1 aromatic carbocycles. The van der Waals surface area contributed by atoms with Crippen molar-refractivity contribution in [2.24, 2.45) is 5.92 Å². The van der Waals surface area contributed by atoms with Crippen LogP contribution in [-0.2, 0) is 10.8 Å². The summed E-state index contributed by atoms with van der Waals surface area (Å²) in [6.07, 6.45) is 2.47. The van der Waals surface area contributed by atoms with Crippen molar-refractivity contribution in [2.45, 2.75) is 17.7 Å². The average Bonchev–Trinajstić information content (AvgIpc) is 2.87. The summed E-state index contributed by atoms with van der Waals surface area (Å²) in [5.74, 6) is 1.47. The van der Waals surface area contributed by atoms with Gasteiger partial charge in [0, 0.05) is 15.9 Å². The number of benzene rings is 1. The SMILES string of the molecule is Nc1ccc(S(=O)CC2CC2)c(Br)c1. The molecule has 2 rings (SSSR count). The maximum Gasteiger partial charge on any atom is 0.0543 e. The zero-order valence-corrected chi connectivity index (χ0v) is 10.1. The second kappa shape index (κ2) is 4.03. The fourth-order valence-electron chi connectivity index (χ4n) is 1.29. The molecule has 0 saturated heterocycles. The van der Waals surface area contributed by atoms with E-state index in [-0.39, 0.29) is 0 Å². The lowest BCUT2D eigenvalue weighted by Crippen LogP contribution is -2.01. The standard InChI is InChI=1S/C10H12BrNOS/c11-9-5-8(12)3-4-10(9)14(13)6-7-1-2-7/h3-5,7H,1-2,6,12H2. The highest BCUT2D eigenvalue weighted by molar-refractivity contribution is 9.10. The van der Waals surface area contributed by atoms with E-state index in [1.807, 2.05) is 6.07 Å². The van der Waals surface area contributed by atoms with Gasteiger partial charge in [-0.1, -0.05) is 0 Å². The van der Waals surface area contributed by atoms with Gasteiger partial charge in [0.25, 0.3) is 0 Å². The molecule has 0 spiro atoms. The van der Waals surface area contributed by atoms with E-state index in [4.69, 9.17) is 5.73 Å². The van der Waals surface area contributed by atoms with Crippen molar-refractivity contribution >= 4 is 32.4 Å². The smallest absolute Gasteiger partial charge is 0.0543 e. The predicted octanol–water partition coefficient (Wildman–Crippen LogP) is 2.55. The largest absolute Gasteiger partial charge is 0.399 e. The molecule has 1 atom stereocenters. The van der Waals surface area contributed by atoms with Crippen LogP contribution in [0.25, 0.3) is 0 Å². The van der Waals surface area contributed by atoms with E-state index in [2.05, 4.69) is 15.9 Å². The number of anilines is 1. The first-order valence-electron chi connectivity index (χ1n) is 4.60. The highest BCUT2D eigenvalue weighted by Gasteiger charge is 2.24. The van der Waals surface area contributed by atoms with E-state index in [1.54, 1.807) is 12.1 Å². The van der Waals surface area contributed by atoms with Crippen molar-refractivity contribution < 1.29 is 4.21 Å². The number of halogens is 1. The Labute approximate surface area is 94.5 Å². The van der Waals surface area contributed by atoms with E-state index in [0.717, 1.165) is 15.1 Å². The lowest BCUT2D eigenvalue weighted by atomic mass is 10.3. The van der Waals surface area contributed by atoms with Crippen LogP contribution in [0.1, 0.15) is 12.8 Å². The molecule has 1 unspecified atom stereocenters. The lowest BCUT2D eigenvalue weighted by molar-refractivity contribution is 0.679. The van der Waals surface area contributed by atoms with Gasteiger partial charge in [-0.3, -0.25) is 4.21 Å². The predicted molar refractivity (Wildman–Crippen MR) is 62.6 cm³/mol. The van der Waals surface area contributed by atoms with Crippen LogP contribution in [0.5, 0.6) is 0 Å². The monoisotopic (exact) mass is 273 g/mol. The summed E-state index contributed by atoms with van der Waals surface area (Å²) in [6.45, 7) is 0. The molecular weight excluding hydrogens is 262 g/mol. The molecule has 76 valence electrons. The molecule has 0 bridgehead atoms. The summed E-state index contributed by atoms with van der Waals surface area (Å²) in [6, 6.07) is 5.45. The third-order valence-electron chi connectivity index (χ3n) is 2.29. The second-order valence-electron chi connectivity index (χ2n) is 3.65. The first kappa shape index (κ1) is 10.2. The fraction of sp³-hybridized carbons (Fsp3) is 0.400. The molecule has 14 heavy (non-hydrogen) atoms. The molecule has 1 aliphatic rings. The number of rotatable bonds is 3. The molecule has 1 fully saturated rings. The highest BCUT2D eigenvalue weighted by Crippen LogP contribution is 2.32. The molecular formula is C10H12BrNOS. The van der Waals surface area contributed by atoms with E-state index >= 15 is 0 Å². The summed E-state index contributed by atoms with van der Waals surface area (Å²) < 4.78 is 12.7. The van der Waals surface area contributed by atoms with Crippen LogP contribution >= 0.6 is 15.9 Å². The first-order chi connectivity index (χ1) is 6.66. The summed E-state index contributed by atoms with van der Waals surface area (Å²) in [4.78, 5) is 0.867. The Balaban J connectivity index is 2.17. The van der Waals surface area contributed by atoms with Crippen molar-refractivity contribution in [1.82, 2.24) is 0 Å². The van der Waals surface area contributed by atoms with Crippen LogP contribution in [0.3, 0.4) is 0 Å². The van der Waals surface area contributed by atoms with Gasteiger partial charge in [0.2, 0.25) is 0 Å². The van der Waals surface area contributed by atoms with Crippen LogP contribution in [0.4, 0.5) is 5.69 Å². The van der Waals surface area contributed by atoms with Crippen LogP contribution in [0, 0.1) is 5.92 Å². The Morgan fingerprint density at radius 1 is 1.50 bits per heavy atom. The number of nitrogens with two attached hydrogens (primary N) is 1. The van der Waals surface area contributed by atoms with Gasteiger partial charge in [-0.15, -0.1) is 0 Å². The average molecular weight is 274 g/mol. The molecule has 1 aliphatic carbocycles. The van der Waals surface area contributed by atoms with Gasteiger partial charge in [-0.25, -0.2) is 0 Å². The Morgan fingerprint density at radius 2 is 2.21 bits per heavy atom. The topological polar surface area (TPSA) is 43.1 Å². The third-order valence-corrected chi connectivity index (χ3v) is 4.82. The molecule has 4 heteroatoms. The summed E-state index contributed by atoms with van der Waals surface area (Å²) >= 11 is 3.38. The highest BCUT2D eigenvalue weighted by atomic mass is 79.9. The molecule has 0 radical (unpaired) electrons. The van der Waals surface area contributed by atoms with E-state index < -0.39 is 10.8 Å².